The van der Waals surface area contributed by atoms with Gasteiger partial charge in [0.05, 0.1) is 12.7 Å². The van der Waals surface area contributed by atoms with Gasteiger partial charge in [0.2, 0.25) is 0 Å². The Hall–Kier alpha value is -0.610. The van der Waals surface area contributed by atoms with E-state index < -0.39 is 6.10 Å². The molecule has 4 nitrogen and oxygen atoms in total. The summed E-state index contributed by atoms with van der Waals surface area (Å²) >= 11 is 0. The van der Waals surface area contributed by atoms with Crippen LogP contribution in [0.1, 0.15) is 26.7 Å². The van der Waals surface area contributed by atoms with Gasteiger partial charge >= 0.3 is 5.97 Å². The zero-order chi connectivity index (χ0) is 10.6. The number of esters is 1. The first kappa shape index (κ1) is 11.5. The number of aliphatic hydroxyl groups excluding tert-OH is 1. The van der Waals surface area contributed by atoms with E-state index in [0.29, 0.717) is 25.5 Å². The quantitative estimate of drug-likeness (QED) is 0.642. The van der Waals surface area contributed by atoms with Gasteiger partial charge in [-0.15, -0.1) is 0 Å². The number of ether oxygens (including phenoxy) is 1. The van der Waals surface area contributed by atoms with E-state index >= 15 is 0 Å². The Labute approximate surface area is 84.6 Å². The predicted molar refractivity (Wildman–Crippen MR) is 52.8 cm³/mol. The molecule has 0 aromatic carbocycles. The molecule has 1 saturated heterocycles. The smallest absolute Gasteiger partial charge is 0.323 e. The van der Waals surface area contributed by atoms with Crippen LogP contribution in [0.5, 0.6) is 0 Å². The predicted octanol–water partition coefficient (Wildman–Crippen LogP) is 0.299. The molecule has 0 spiro atoms. The van der Waals surface area contributed by atoms with Crippen molar-refractivity contribution in [1.82, 2.24) is 5.32 Å². The minimum absolute atomic E-state index is 0.234. The normalized spacial score (nSPS) is 26.9. The first-order valence-electron chi connectivity index (χ1n) is 5.17. The molecule has 82 valence electrons. The Balaban J connectivity index is 2.15. The van der Waals surface area contributed by atoms with Crippen molar-refractivity contribution in [2.45, 2.75) is 38.8 Å². The summed E-state index contributed by atoms with van der Waals surface area (Å²) in [7, 11) is 0. The molecule has 0 bridgehead atoms. The second-order valence-electron chi connectivity index (χ2n) is 4.20. The summed E-state index contributed by atoms with van der Waals surface area (Å²) in [6, 6.07) is -0.308. The van der Waals surface area contributed by atoms with Gasteiger partial charge in [0.25, 0.3) is 0 Å². The van der Waals surface area contributed by atoms with Crippen LogP contribution in [-0.4, -0.2) is 36.4 Å². The van der Waals surface area contributed by atoms with Crippen molar-refractivity contribution in [3.8, 4) is 0 Å². The minimum atomic E-state index is -0.405. The zero-order valence-electron chi connectivity index (χ0n) is 8.82. The highest BCUT2D eigenvalue weighted by atomic mass is 16.5. The van der Waals surface area contributed by atoms with E-state index in [-0.39, 0.29) is 12.0 Å². The molecule has 0 unspecified atom stereocenters. The number of nitrogens with one attached hydrogen (secondary N) is 1. The van der Waals surface area contributed by atoms with Crippen molar-refractivity contribution in [3.05, 3.63) is 0 Å². The number of aliphatic hydroxyl groups is 1. The van der Waals surface area contributed by atoms with Crippen LogP contribution in [0.4, 0.5) is 0 Å². The highest BCUT2D eigenvalue weighted by Crippen LogP contribution is 2.08. The standard InChI is InChI=1S/C10H19NO3/c1-7(2)3-4-14-10(13)9-5-8(12)6-11-9/h7-9,11-12H,3-6H2,1-2H3/t8-,9+/m1/s1. The highest BCUT2D eigenvalue weighted by Gasteiger charge is 2.28. The van der Waals surface area contributed by atoms with Gasteiger partial charge in [-0.1, -0.05) is 13.8 Å². The van der Waals surface area contributed by atoms with Crippen LogP contribution in [0.3, 0.4) is 0 Å². The Morgan fingerprint density at radius 1 is 1.64 bits per heavy atom. The molecule has 0 saturated carbocycles. The maximum atomic E-state index is 11.4. The molecule has 1 heterocycles. The highest BCUT2D eigenvalue weighted by molar-refractivity contribution is 5.76. The van der Waals surface area contributed by atoms with Gasteiger partial charge in [-0.3, -0.25) is 4.79 Å². The number of hydrogen-bond acceptors (Lipinski definition) is 4. The Morgan fingerprint density at radius 3 is 2.86 bits per heavy atom. The van der Waals surface area contributed by atoms with Gasteiger partial charge in [-0.25, -0.2) is 0 Å². The van der Waals surface area contributed by atoms with E-state index in [2.05, 4.69) is 19.2 Å². The van der Waals surface area contributed by atoms with Crippen LogP contribution in [0.25, 0.3) is 0 Å². The lowest BCUT2D eigenvalue weighted by atomic mass is 10.1. The van der Waals surface area contributed by atoms with Gasteiger partial charge in [0.1, 0.15) is 6.04 Å². The topological polar surface area (TPSA) is 58.6 Å². The molecule has 2 atom stereocenters. The van der Waals surface area contributed by atoms with E-state index in [1.807, 2.05) is 0 Å². The monoisotopic (exact) mass is 201 g/mol. The van der Waals surface area contributed by atoms with Gasteiger partial charge in [0, 0.05) is 13.0 Å². The molecule has 0 aliphatic carbocycles. The van der Waals surface area contributed by atoms with Crippen LogP contribution >= 0.6 is 0 Å². The molecule has 4 heteroatoms. The van der Waals surface area contributed by atoms with Crippen molar-refractivity contribution in [2.24, 2.45) is 5.92 Å². The molecule has 1 fully saturated rings. The van der Waals surface area contributed by atoms with Gasteiger partial charge in [0.15, 0.2) is 0 Å². The van der Waals surface area contributed by atoms with Gasteiger partial charge in [-0.05, 0) is 12.3 Å². The van der Waals surface area contributed by atoms with E-state index in [1.165, 1.54) is 0 Å². The average Bonchev–Trinajstić information content (AvgIpc) is 2.51. The van der Waals surface area contributed by atoms with Gasteiger partial charge in [-0.2, -0.15) is 0 Å². The summed E-state index contributed by atoms with van der Waals surface area (Å²) in [4.78, 5) is 11.4. The molecular formula is C10H19NO3. The molecule has 1 rings (SSSR count). The van der Waals surface area contributed by atoms with Crippen molar-refractivity contribution in [3.63, 3.8) is 0 Å². The summed E-state index contributed by atoms with van der Waals surface area (Å²) in [5.74, 6) is 0.312. The molecule has 0 radical (unpaired) electrons. The average molecular weight is 201 g/mol. The largest absolute Gasteiger partial charge is 0.465 e. The van der Waals surface area contributed by atoms with E-state index in [0.717, 1.165) is 6.42 Å². The summed E-state index contributed by atoms with van der Waals surface area (Å²) in [6.07, 6.45) is 0.958. The zero-order valence-corrected chi connectivity index (χ0v) is 8.82. The van der Waals surface area contributed by atoms with Crippen molar-refractivity contribution >= 4 is 5.97 Å². The number of carbonyl (C=O) groups is 1. The van der Waals surface area contributed by atoms with Crippen LogP contribution in [0, 0.1) is 5.92 Å². The minimum Gasteiger partial charge on any atom is -0.465 e. The second kappa shape index (κ2) is 5.32. The molecule has 0 aromatic heterocycles. The lowest BCUT2D eigenvalue weighted by Gasteiger charge is -2.10. The van der Waals surface area contributed by atoms with Crippen molar-refractivity contribution in [1.29, 1.82) is 0 Å². The van der Waals surface area contributed by atoms with Crippen LogP contribution in [0.2, 0.25) is 0 Å². The number of rotatable bonds is 4. The molecule has 1 aliphatic heterocycles. The van der Waals surface area contributed by atoms with Crippen LogP contribution in [-0.2, 0) is 9.53 Å². The Kier molecular flexibility index (Phi) is 4.35. The van der Waals surface area contributed by atoms with E-state index in [1.54, 1.807) is 0 Å². The maximum Gasteiger partial charge on any atom is 0.323 e. The molecule has 0 aromatic rings. The molecule has 0 amide bonds. The second-order valence-corrected chi connectivity index (χ2v) is 4.20. The summed E-state index contributed by atoms with van der Waals surface area (Å²) < 4.78 is 5.07. The number of carbonyl (C=O) groups excluding carboxylic acids is 1. The van der Waals surface area contributed by atoms with Crippen LogP contribution < -0.4 is 5.32 Å². The molecule has 2 N–H and O–H groups in total. The van der Waals surface area contributed by atoms with E-state index in [4.69, 9.17) is 4.74 Å². The molecule has 14 heavy (non-hydrogen) atoms. The maximum absolute atomic E-state index is 11.4. The van der Waals surface area contributed by atoms with Crippen molar-refractivity contribution in [2.75, 3.05) is 13.2 Å². The number of hydrogen-bond donors (Lipinski definition) is 2. The third-order valence-corrected chi connectivity index (χ3v) is 2.33. The fourth-order valence-electron chi connectivity index (χ4n) is 1.39. The first-order valence-corrected chi connectivity index (χ1v) is 5.17. The fraction of sp³-hybridized carbons (Fsp3) is 0.900. The van der Waals surface area contributed by atoms with Crippen LogP contribution in [0.15, 0.2) is 0 Å². The third-order valence-electron chi connectivity index (χ3n) is 2.33. The van der Waals surface area contributed by atoms with Gasteiger partial charge < -0.3 is 15.2 Å². The Morgan fingerprint density at radius 2 is 2.36 bits per heavy atom. The summed E-state index contributed by atoms with van der Waals surface area (Å²) in [5.41, 5.74) is 0. The number of β-amino-alcohol motifs (C(OH)–C–C–N with tert-alkyl or cyclic N) is 1. The molecule has 1 aliphatic rings. The molecular weight excluding hydrogens is 182 g/mol. The summed E-state index contributed by atoms with van der Waals surface area (Å²) in [5, 5.41) is 12.1. The van der Waals surface area contributed by atoms with E-state index in [9.17, 15) is 9.90 Å². The summed E-state index contributed by atoms with van der Waals surface area (Å²) in [6.45, 7) is 5.14. The lowest BCUT2D eigenvalue weighted by molar-refractivity contribution is -0.146. The fourth-order valence-corrected chi connectivity index (χ4v) is 1.39. The lowest BCUT2D eigenvalue weighted by Crippen LogP contribution is -2.32. The SMILES string of the molecule is CC(C)CCOC(=O)[C@@H]1C[C@@H](O)CN1. The first-order chi connectivity index (χ1) is 6.59. The van der Waals surface area contributed by atoms with Crippen molar-refractivity contribution < 1.29 is 14.6 Å². The third kappa shape index (κ3) is 3.64. The Bertz CT molecular complexity index is 194.